The summed E-state index contributed by atoms with van der Waals surface area (Å²) in [6.45, 7) is 1.36. The van der Waals surface area contributed by atoms with Gasteiger partial charge in [-0.05, 0) is 0 Å². The number of aromatic nitrogens is 2. The standard InChI is InChI=1S/C10H18N4O3/c1-15-10(16-2)6-12-8-5-9(14-7-13-8)17-4-3-11/h5,7,10H,3-4,6,11H2,1-2H3,(H,12,13,14). The van der Waals surface area contributed by atoms with Crippen LogP contribution in [0.4, 0.5) is 5.82 Å². The monoisotopic (exact) mass is 242 g/mol. The second kappa shape index (κ2) is 7.77. The lowest BCUT2D eigenvalue weighted by Crippen LogP contribution is -2.24. The molecular weight excluding hydrogens is 224 g/mol. The first-order valence-corrected chi connectivity index (χ1v) is 5.24. The van der Waals surface area contributed by atoms with Crippen LogP contribution in [0.25, 0.3) is 0 Å². The fourth-order valence-electron chi connectivity index (χ4n) is 1.13. The molecule has 0 radical (unpaired) electrons. The van der Waals surface area contributed by atoms with E-state index in [0.717, 1.165) is 0 Å². The molecule has 7 nitrogen and oxygen atoms in total. The van der Waals surface area contributed by atoms with Crippen molar-refractivity contribution in [3.63, 3.8) is 0 Å². The van der Waals surface area contributed by atoms with Crippen LogP contribution in [0.1, 0.15) is 0 Å². The van der Waals surface area contributed by atoms with Gasteiger partial charge in [0.25, 0.3) is 0 Å². The van der Waals surface area contributed by atoms with Gasteiger partial charge in [-0.1, -0.05) is 0 Å². The van der Waals surface area contributed by atoms with Gasteiger partial charge in [-0.15, -0.1) is 0 Å². The summed E-state index contributed by atoms with van der Waals surface area (Å²) in [5.41, 5.74) is 5.33. The van der Waals surface area contributed by atoms with Crippen LogP contribution in [-0.4, -0.2) is 50.2 Å². The first-order valence-electron chi connectivity index (χ1n) is 5.24. The summed E-state index contributed by atoms with van der Waals surface area (Å²) in [4.78, 5) is 8.00. The van der Waals surface area contributed by atoms with Crippen LogP contribution in [0.3, 0.4) is 0 Å². The van der Waals surface area contributed by atoms with Crippen molar-refractivity contribution in [1.82, 2.24) is 9.97 Å². The van der Waals surface area contributed by atoms with Crippen LogP contribution < -0.4 is 15.8 Å². The van der Waals surface area contributed by atoms with Gasteiger partial charge in [0.15, 0.2) is 6.29 Å². The second-order valence-corrected chi connectivity index (χ2v) is 3.16. The van der Waals surface area contributed by atoms with Gasteiger partial charge >= 0.3 is 0 Å². The molecule has 0 aliphatic heterocycles. The number of nitrogens with one attached hydrogen (secondary N) is 1. The zero-order valence-corrected chi connectivity index (χ0v) is 10.0. The van der Waals surface area contributed by atoms with Crippen molar-refractivity contribution in [1.29, 1.82) is 0 Å². The molecule has 0 aromatic carbocycles. The highest BCUT2D eigenvalue weighted by Crippen LogP contribution is 2.10. The summed E-state index contributed by atoms with van der Waals surface area (Å²) in [6.07, 6.45) is 1.10. The predicted molar refractivity (Wildman–Crippen MR) is 62.9 cm³/mol. The smallest absolute Gasteiger partial charge is 0.218 e. The molecule has 0 bridgehead atoms. The van der Waals surface area contributed by atoms with Crippen LogP contribution in [0, 0.1) is 0 Å². The zero-order valence-electron chi connectivity index (χ0n) is 10.0. The number of methoxy groups -OCH3 is 2. The summed E-state index contributed by atoms with van der Waals surface area (Å²) in [5.74, 6) is 1.13. The molecule has 1 rings (SSSR count). The molecule has 0 saturated carbocycles. The average Bonchev–Trinajstić information content (AvgIpc) is 2.38. The van der Waals surface area contributed by atoms with Gasteiger partial charge in [-0.25, -0.2) is 9.97 Å². The molecule has 1 aromatic heterocycles. The third-order valence-corrected chi connectivity index (χ3v) is 1.99. The lowest BCUT2D eigenvalue weighted by atomic mass is 10.5. The molecule has 0 saturated heterocycles. The molecule has 3 N–H and O–H groups in total. The first-order chi connectivity index (χ1) is 8.30. The molecule has 0 aliphatic carbocycles. The quantitative estimate of drug-likeness (QED) is 0.612. The number of nitrogens with zero attached hydrogens (tertiary/aromatic N) is 2. The van der Waals surface area contributed by atoms with Crippen LogP contribution in [0.2, 0.25) is 0 Å². The third-order valence-electron chi connectivity index (χ3n) is 1.99. The molecule has 17 heavy (non-hydrogen) atoms. The minimum absolute atomic E-state index is 0.321. The summed E-state index contributed by atoms with van der Waals surface area (Å²) in [7, 11) is 3.15. The van der Waals surface area contributed by atoms with Crippen LogP contribution >= 0.6 is 0 Å². The van der Waals surface area contributed by atoms with Crippen LogP contribution in [-0.2, 0) is 9.47 Å². The fourth-order valence-corrected chi connectivity index (χ4v) is 1.13. The van der Waals surface area contributed by atoms with Gasteiger partial charge in [0.2, 0.25) is 5.88 Å². The number of hydrogen-bond donors (Lipinski definition) is 2. The summed E-state index contributed by atoms with van der Waals surface area (Å²) in [6, 6.07) is 1.69. The minimum atomic E-state index is -0.321. The van der Waals surface area contributed by atoms with E-state index in [1.165, 1.54) is 6.33 Å². The van der Waals surface area contributed by atoms with Crippen molar-refractivity contribution >= 4 is 5.82 Å². The van der Waals surface area contributed by atoms with E-state index in [2.05, 4.69) is 15.3 Å². The van der Waals surface area contributed by atoms with Crippen molar-refractivity contribution in [3.8, 4) is 5.88 Å². The van der Waals surface area contributed by atoms with E-state index in [0.29, 0.717) is 31.4 Å². The van der Waals surface area contributed by atoms with Crippen molar-refractivity contribution in [3.05, 3.63) is 12.4 Å². The Labute approximate surface area is 100 Å². The number of ether oxygens (including phenoxy) is 3. The third kappa shape index (κ3) is 4.94. The largest absolute Gasteiger partial charge is 0.476 e. The van der Waals surface area contributed by atoms with Gasteiger partial charge in [-0.3, -0.25) is 0 Å². The molecule has 0 spiro atoms. The molecule has 0 unspecified atom stereocenters. The summed E-state index contributed by atoms with van der Waals surface area (Å²) < 4.78 is 15.4. The highest BCUT2D eigenvalue weighted by atomic mass is 16.7. The highest BCUT2D eigenvalue weighted by molar-refractivity contribution is 5.36. The predicted octanol–water partition coefficient (Wildman–Crippen LogP) is -0.155. The van der Waals surface area contributed by atoms with Gasteiger partial charge in [0, 0.05) is 26.8 Å². The summed E-state index contributed by atoms with van der Waals surface area (Å²) >= 11 is 0. The molecular formula is C10H18N4O3. The SMILES string of the molecule is COC(CNc1cc(OCCN)ncn1)OC. The Bertz CT molecular complexity index is 320. The van der Waals surface area contributed by atoms with E-state index in [1.54, 1.807) is 20.3 Å². The molecule has 0 atom stereocenters. The molecule has 0 fully saturated rings. The minimum Gasteiger partial charge on any atom is -0.476 e. The fraction of sp³-hybridized carbons (Fsp3) is 0.600. The Morgan fingerprint density at radius 1 is 1.35 bits per heavy atom. The van der Waals surface area contributed by atoms with Gasteiger partial charge in [-0.2, -0.15) is 0 Å². The maximum Gasteiger partial charge on any atom is 0.218 e. The lowest BCUT2D eigenvalue weighted by molar-refractivity contribution is -0.0914. The molecule has 0 amide bonds. The van der Waals surface area contributed by atoms with E-state index in [-0.39, 0.29) is 6.29 Å². The van der Waals surface area contributed by atoms with E-state index in [9.17, 15) is 0 Å². The molecule has 1 heterocycles. The van der Waals surface area contributed by atoms with Crippen LogP contribution in [0.15, 0.2) is 12.4 Å². The van der Waals surface area contributed by atoms with E-state index in [1.807, 2.05) is 0 Å². The molecule has 96 valence electrons. The second-order valence-electron chi connectivity index (χ2n) is 3.16. The Morgan fingerprint density at radius 2 is 2.12 bits per heavy atom. The Morgan fingerprint density at radius 3 is 2.76 bits per heavy atom. The van der Waals surface area contributed by atoms with Gasteiger partial charge in [0.1, 0.15) is 18.8 Å². The molecule has 0 aliphatic rings. The zero-order chi connectivity index (χ0) is 12.5. The molecule has 1 aromatic rings. The van der Waals surface area contributed by atoms with E-state index in [4.69, 9.17) is 19.9 Å². The maximum atomic E-state index is 5.33. The summed E-state index contributed by atoms with van der Waals surface area (Å²) in [5, 5.41) is 3.05. The lowest BCUT2D eigenvalue weighted by Gasteiger charge is -2.14. The van der Waals surface area contributed by atoms with Crippen molar-refractivity contribution in [2.75, 3.05) is 39.2 Å². The van der Waals surface area contributed by atoms with Crippen molar-refractivity contribution in [2.45, 2.75) is 6.29 Å². The van der Waals surface area contributed by atoms with E-state index < -0.39 is 0 Å². The number of nitrogens with two attached hydrogens (primary N) is 1. The number of anilines is 1. The van der Waals surface area contributed by atoms with E-state index >= 15 is 0 Å². The number of hydrogen-bond acceptors (Lipinski definition) is 7. The first kappa shape index (κ1) is 13.6. The topological polar surface area (TPSA) is 91.5 Å². The Kier molecular flexibility index (Phi) is 6.23. The maximum absolute atomic E-state index is 5.33. The Hall–Kier alpha value is -1.44. The van der Waals surface area contributed by atoms with Gasteiger partial charge < -0.3 is 25.3 Å². The molecule has 7 heteroatoms. The normalized spacial score (nSPS) is 10.6. The number of rotatable bonds is 8. The van der Waals surface area contributed by atoms with Gasteiger partial charge in [0.05, 0.1) is 6.54 Å². The Balaban J connectivity index is 2.47. The van der Waals surface area contributed by atoms with Crippen molar-refractivity contribution < 1.29 is 14.2 Å². The average molecular weight is 242 g/mol. The highest BCUT2D eigenvalue weighted by Gasteiger charge is 2.05. The van der Waals surface area contributed by atoms with Crippen LogP contribution in [0.5, 0.6) is 5.88 Å². The van der Waals surface area contributed by atoms with Crippen molar-refractivity contribution in [2.24, 2.45) is 5.73 Å².